The zero-order valence-electron chi connectivity index (χ0n) is 2.52. The van der Waals surface area contributed by atoms with Gasteiger partial charge in [0.1, 0.15) is 0 Å². The van der Waals surface area contributed by atoms with Gasteiger partial charge in [-0.05, 0) is 0 Å². The van der Waals surface area contributed by atoms with Crippen LogP contribution in [0.2, 0.25) is 0 Å². The summed E-state index contributed by atoms with van der Waals surface area (Å²) in [5.41, 5.74) is 0. The summed E-state index contributed by atoms with van der Waals surface area (Å²) in [6.45, 7) is 0. The Bertz CT molecular complexity index is 11.7. The third kappa shape index (κ3) is 66.4. The molecule has 0 rings (SSSR count). The first-order valence-electron chi connectivity index (χ1n) is 0.537. The predicted octanol–water partition coefficient (Wildman–Crippen LogP) is 2.68. The van der Waals surface area contributed by atoms with Crippen LogP contribution in [0.3, 0.4) is 0 Å². The predicted molar refractivity (Wildman–Crippen MR) is 24.5 cm³/mol. The summed E-state index contributed by atoms with van der Waals surface area (Å²) in [7, 11) is 9.34. The second-order valence-corrected chi connectivity index (χ2v) is 2.12. The molecule has 0 heterocycles. The van der Waals surface area contributed by atoms with E-state index in [-0.39, 0.29) is 17.1 Å². The molecule has 0 saturated carbocycles. The normalized spacial score (nSPS) is 5.71. The molecule has 0 aliphatic carbocycles. The number of rotatable bonds is 0. The van der Waals surface area contributed by atoms with E-state index in [1.54, 1.807) is 0 Å². The summed E-state index contributed by atoms with van der Waals surface area (Å²) in [4.78, 5) is 0. The number of hydrogen-bond donors (Lipinski definition) is 0. The van der Waals surface area contributed by atoms with Crippen molar-refractivity contribution >= 4 is 43.9 Å². The third-order valence-corrected chi connectivity index (χ3v) is 0. The van der Waals surface area contributed by atoms with Gasteiger partial charge in [0.05, 0.1) is 23.7 Å². The van der Waals surface area contributed by atoms with Gasteiger partial charge in [0.25, 0.3) is 0 Å². The van der Waals surface area contributed by atoms with Crippen LogP contribution >= 0.6 is 43.9 Å². The molecule has 0 aliphatic heterocycles. The Morgan fingerprint density at radius 3 is 1.14 bits per heavy atom. The van der Waals surface area contributed by atoms with Crippen molar-refractivity contribution in [2.75, 3.05) is 0 Å². The van der Waals surface area contributed by atoms with Gasteiger partial charge in [-0.15, -0.1) is 0 Å². The van der Waals surface area contributed by atoms with Crippen molar-refractivity contribution in [2.45, 2.75) is 0 Å². The Hall–Kier alpha value is 2.16. The van der Waals surface area contributed by atoms with E-state index in [1.165, 1.54) is 0 Å². The van der Waals surface area contributed by atoms with E-state index >= 15 is 0 Å². The second kappa shape index (κ2) is 24.2. The van der Waals surface area contributed by atoms with Gasteiger partial charge < -0.3 is 0 Å². The van der Waals surface area contributed by atoms with E-state index < -0.39 is 0 Å². The van der Waals surface area contributed by atoms with Gasteiger partial charge in [0, 0.05) is 17.1 Å². The van der Waals surface area contributed by atoms with Crippen molar-refractivity contribution in [3.63, 3.8) is 0 Å². The zero-order valence-corrected chi connectivity index (χ0v) is 7.43. The fraction of sp³-hybridized carbons (Fsp3) is 0. The molecule has 0 unspecified atom stereocenters. The first-order chi connectivity index (χ1) is 2.83. The molecular formula is Cl4Cu2O. The molecule has 0 aromatic rings. The summed E-state index contributed by atoms with van der Waals surface area (Å²) >= 11 is 9.28. The van der Waals surface area contributed by atoms with Crippen LogP contribution in [-0.4, -0.2) is 0 Å². The van der Waals surface area contributed by atoms with Crippen molar-refractivity contribution in [3.8, 4) is 0 Å². The van der Waals surface area contributed by atoms with Gasteiger partial charge in [0.2, 0.25) is 0 Å². The molecule has 56 valence electrons. The van der Waals surface area contributed by atoms with E-state index in [9.17, 15) is 0 Å². The van der Waals surface area contributed by atoms with Gasteiger partial charge in [-0.25, -0.2) is 0 Å². The van der Waals surface area contributed by atoms with Crippen LogP contribution in [0.1, 0.15) is 0 Å². The average molecular weight is 285 g/mol. The second-order valence-electron chi connectivity index (χ2n) is 0.101. The molecular weight excluding hydrogens is 285 g/mol. The monoisotopic (exact) mass is 282 g/mol. The van der Waals surface area contributed by atoms with Crippen LogP contribution in [0.15, 0.2) is 0 Å². The smallest absolute Gasteiger partial charge is 0 e. The molecule has 0 aromatic heterocycles. The van der Waals surface area contributed by atoms with Gasteiger partial charge in [0.15, 0.2) is 0 Å². The van der Waals surface area contributed by atoms with Crippen LogP contribution in [-0.2, 0) is 34.0 Å². The van der Waals surface area contributed by atoms with E-state index in [2.05, 4.69) is 47.8 Å². The maximum Gasteiger partial charge on any atom is 0 e. The number of hydrogen-bond acceptors (Lipinski definition) is 1. The molecule has 0 amide bonds. The van der Waals surface area contributed by atoms with Crippen LogP contribution in [0, 0.1) is 0 Å². The molecule has 0 atom stereocenters. The van der Waals surface area contributed by atoms with Crippen molar-refractivity contribution < 1.29 is 34.0 Å². The zero-order chi connectivity index (χ0) is 5.41. The summed E-state index contributed by atoms with van der Waals surface area (Å²) in [6, 6.07) is 0. The Morgan fingerprint density at radius 1 is 1.14 bits per heavy atom. The summed E-state index contributed by atoms with van der Waals surface area (Å²) in [6.07, 6.45) is 0. The van der Waals surface area contributed by atoms with E-state index in [0.717, 1.165) is 13.1 Å². The van der Waals surface area contributed by atoms with Crippen LogP contribution in [0.5, 0.6) is 0 Å². The standard InChI is InChI=1S/Cl2O.2ClH.2Cu/c1-3-2;;;;/h;2*1H;;/q;;;;+2/p-2. The van der Waals surface area contributed by atoms with E-state index in [1.807, 2.05) is 0 Å². The Kier molecular flexibility index (Phi) is 55.5. The van der Waals surface area contributed by atoms with Crippen molar-refractivity contribution in [1.29, 1.82) is 0 Å². The molecule has 0 spiro atoms. The molecule has 1 nitrogen and oxygen atoms in total. The minimum absolute atomic E-state index is 0. The molecule has 7 heteroatoms. The fourth-order valence-corrected chi connectivity index (χ4v) is 0. The van der Waals surface area contributed by atoms with Crippen molar-refractivity contribution in [3.05, 3.63) is 0 Å². The molecule has 0 aliphatic rings. The van der Waals surface area contributed by atoms with Crippen LogP contribution in [0.4, 0.5) is 0 Å². The third-order valence-electron chi connectivity index (χ3n) is 0. The summed E-state index contributed by atoms with van der Waals surface area (Å²) in [5.74, 6) is 0. The van der Waals surface area contributed by atoms with Crippen LogP contribution in [0.25, 0.3) is 0 Å². The van der Waals surface area contributed by atoms with E-state index in [0.29, 0.717) is 0 Å². The Morgan fingerprint density at radius 2 is 1.14 bits per heavy atom. The van der Waals surface area contributed by atoms with E-state index in [4.69, 9.17) is 0 Å². The topological polar surface area (TPSA) is 9.23 Å². The molecule has 0 N–H and O–H groups in total. The largest absolute Gasteiger partial charge is 0 e. The van der Waals surface area contributed by atoms with Crippen molar-refractivity contribution in [1.82, 2.24) is 0 Å². The summed E-state index contributed by atoms with van der Waals surface area (Å²) in [5, 5.41) is 0. The minimum Gasteiger partial charge on any atom is 0 e. The molecule has 0 fully saturated rings. The van der Waals surface area contributed by atoms with Crippen LogP contribution < -0.4 is 0 Å². The first kappa shape index (κ1) is 16.1. The molecule has 1 radical (unpaired) electrons. The maximum atomic E-state index is 4.67. The Labute approximate surface area is 77.4 Å². The minimum atomic E-state index is 0. The van der Waals surface area contributed by atoms with Gasteiger partial charge >= 0.3 is 33.3 Å². The van der Waals surface area contributed by atoms with Gasteiger partial charge in [-0.2, -0.15) is 3.84 Å². The van der Waals surface area contributed by atoms with Gasteiger partial charge in [-0.3, -0.25) is 0 Å². The number of halogens is 4. The summed E-state index contributed by atoms with van der Waals surface area (Å²) < 4.78 is 3.19. The first-order valence-corrected chi connectivity index (χ1v) is 3.75. The van der Waals surface area contributed by atoms with Crippen molar-refractivity contribution in [2.24, 2.45) is 0 Å². The average Bonchev–Trinajstić information content (AvgIpc) is 1.39. The molecule has 0 bridgehead atoms. The SMILES string of the molecule is ClOCl.[Cl][Cu][Cl].[Cu]. The Balaban J connectivity index is -0.0000000400. The molecule has 0 aromatic carbocycles. The fourth-order valence-electron chi connectivity index (χ4n) is 0. The maximum absolute atomic E-state index is 4.67. The molecule has 0 saturated heterocycles. The molecule has 7 heavy (non-hydrogen) atoms. The quantitative estimate of drug-likeness (QED) is 0.622. The van der Waals surface area contributed by atoms with Gasteiger partial charge in [-0.1, -0.05) is 0 Å².